The van der Waals surface area contributed by atoms with Gasteiger partial charge in [-0.3, -0.25) is 4.98 Å². The van der Waals surface area contributed by atoms with Crippen LogP contribution in [0.4, 0.5) is 18.9 Å². The van der Waals surface area contributed by atoms with Crippen LogP contribution in [0.25, 0.3) is 0 Å². The van der Waals surface area contributed by atoms with Gasteiger partial charge in [0.2, 0.25) is 0 Å². The molecule has 6 heteroatoms. The first-order valence-corrected chi connectivity index (χ1v) is 6.96. The van der Waals surface area contributed by atoms with Crippen molar-refractivity contribution in [1.82, 2.24) is 10.3 Å². The lowest BCUT2D eigenvalue weighted by Gasteiger charge is -2.26. The molecule has 120 valence electrons. The number of anilines is 1. The predicted octanol–water partition coefficient (Wildman–Crippen LogP) is 3.67. The molecule has 1 aromatic heterocycles. The number of alkyl halides is 3. The van der Waals surface area contributed by atoms with Crippen LogP contribution in [-0.4, -0.2) is 30.3 Å². The first-order valence-electron chi connectivity index (χ1n) is 6.96. The molecule has 0 saturated heterocycles. The zero-order valence-corrected chi connectivity index (χ0v) is 13.3. The summed E-state index contributed by atoms with van der Waals surface area (Å²) in [7, 11) is 1.68. The van der Waals surface area contributed by atoms with Crippen molar-refractivity contribution in [2.75, 3.05) is 18.5 Å². The molecule has 1 heterocycles. The number of hydrogen-bond donors (Lipinski definition) is 1. The third-order valence-electron chi connectivity index (χ3n) is 3.05. The van der Waals surface area contributed by atoms with Gasteiger partial charge in [-0.1, -0.05) is 0 Å². The van der Waals surface area contributed by atoms with Gasteiger partial charge in [0.15, 0.2) is 0 Å². The van der Waals surface area contributed by atoms with Gasteiger partial charge in [-0.15, -0.1) is 0 Å². The SMILES string of the molecule is Cc1cc(N(C)CCC(F)(F)F)c(CNC(C)(C)C)cn1. The summed E-state index contributed by atoms with van der Waals surface area (Å²) in [5.74, 6) is 0. The van der Waals surface area contributed by atoms with Crippen molar-refractivity contribution < 1.29 is 13.2 Å². The third-order valence-corrected chi connectivity index (χ3v) is 3.05. The van der Waals surface area contributed by atoms with Crippen molar-refractivity contribution in [3.8, 4) is 0 Å². The number of nitrogens with zero attached hydrogens (tertiary/aromatic N) is 2. The maximum absolute atomic E-state index is 12.4. The van der Waals surface area contributed by atoms with Crippen LogP contribution in [-0.2, 0) is 6.54 Å². The summed E-state index contributed by atoms with van der Waals surface area (Å²) in [6, 6.07) is 1.83. The lowest BCUT2D eigenvalue weighted by Crippen LogP contribution is -2.35. The molecule has 0 fully saturated rings. The summed E-state index contributed by atoms with van der Waals surface area (Å²) in [4.78, 5) is 5.88. The standard InChI is InChI=1S/C15H24F3N3/c1-11-8-13(21(5)7-6-15(16,17)18)12(9-19-11)10-20-14(2,3)4/h8-9,20H,6-7,10H2,1-5H3. The number of nitrogens with one attached hydrogen (secondary N) is 1. The van der Waals surface area contributed by atoms with E-state index < -0.39 is 12.6 Å². The van der Waals surface area contributed by atoms with Gasteiger partial charge < -0.3 is 10.2 Å². The van der Waals surface area contributed by atoms with Gasteiger partial charge in [0.25, 0.3) is 0 Å². The minimum absolute atomic E-state index is 0.0600. The molecule has 3 nitrogen and oxygen atoms in total. The Balaban J connectivity index is 2.85. The molecule has 0 aliphatic rings. The maximum atomic E-state index is 12.4. The van der Waals surface area contributed by atoms with E-state index >= 15 is 0 Å². The Bertz CT molecular complexity index is 464. The van der Waals surface area contributed by atoms with Gasteiger partial charge in [0.1, 0.15) is 0 Å². The normalized spacial score (nSPS) is 12.6. The fourth-order valence-corrected chi connectivity index (χ4v) is 1.84. The van der Waals surface area contributed by atoms with Crippen LogP contribution < -0.4 is 10.2 Å². The smallest absolute Gasteiger partial charge is 0.374 e. The van der Waals surface area contributed by atoms with Crippen molar-refractivity contribution in [3.05, 3.63) is 23.5 Å². The monoisotopic (exact) mass is 303 g/mol. The van der Waals surface area contributed by atoms with Crippen LogP contribution in [0.5, 0.6) is 0 Å². The molecule has 0 bridgehead atoms. The molecule has 0 radical (unpaired) electrons. The fourth-order valence-electron chi connectivity index (χ4n) is 1.84. The molecule has 0 aliphatic carbocycles. The highest BCUT2D eigenvalue weighted by atomic mass is 19.4. The van der Waals surface area contributed by atoms with E-state index in [9.17, 15) is 13.2 Å². The Kier molecular flexibility index (Phi) is 5.61. The average molecular weight is 303 g/mol. The fraction of sp³-hybridized carbons (Fsp3) is 0.667. The van der Waals surface area contributed by atoms with Crippen molar-refractivity contribution in [2.24, 2.45) is 0 Å². The highest BCUT2D eigenvalue weighted by molar-refractivity contribution is 5.53. The van der Waals surface area contributed by atoms with Gasteiger partial charge in [0.05, 0.1) is 6.42 Å². The summed E-state index contributed by atoms with van der Waals surface area (Å²) < 4.78 is 37.1. The van der Waals surface area contributed by atoms with Gasteiger partial charge in [-0.2, -0.15) is 13.2 Å². The topological polar surface area (TPSA) is 28.2 Å². The second-order valence-corrected chi connectivity index (χ2v) is 6.34. The van der Waals surface area contributed by atoms with Crippen LogP contribution >= 0.6 is 0 Å². The highest BCUT2D eigenvalue weighted by Crippen LogP contribution is 2.24. The van der Waals surface area contributed by atoms with E-state index in [2.05, 4.69) is 10.3 Å². The van der Waals surface area contributed by atoms with E-state index in [0.29, 0.717) is 6.54 Å². The van der Waals surface area contributed by atoms with Crippen LogP contribution in [0.15, 0.2) is 12.3 Å². The molecule has 1 rings (SSSR count). The maximum Gasteiger partial charge on any atom is 0.390 e. The molecule has 0 aliphatic heterocycles. The molecule has 1 N–H and O–H groups in total. The van der Waals surface area contributed by atoms with Crippen molar-refractivity contribution >= 4 is 5.69 Å². The largest absolute Gasteiger partial charge is 0.390 e. The minimum Gasteiger partial charge on any atom is -0.374 e. The zero-order valence-electron chi connectivity index (χ0n) is 13.3. The number of halogens is 3. The van der Waals surface area contributed by atoms with E-state index in [0.717, 1.165) is 16.9 Å². The number of aromatic nitrogens is 1. The highest BCUT2D eigenvalue weighted by Gasteiger charge is 2.27. The molecule has 0 saturated carbocycles. The Labute approximate surface area is 124 Å². The molecule has 0 spiro atoms. The van der Waals surface area contributed by atoms with Crippen LogP contribution in [0.3, 0.4) is 0 Å². The minimum atomic E-state index is -4.14. The second kappa shape index (κ2) is 6.64. The van der Waals surface area contributed by atoms with Crippen molar-refractivity contribution in [1.29, 1.82) is 0 Å². The number of hydrogen-bond acceptors (Lipinski definition) is 3. The van der Waals surface area contributed by atoms with E-state index in [1.807, 2.05) is 33.8 Å². The van der Waals surface area contributed by atoms with Gasteiger partial charge in [-0.05, 0) is 33.8 Å². The Hall–Kier alpha value is -1.30. The first kappa shape index (κ1) is 17.8. The molecule has 1 aromatic rings. The summed E-state index contributed by atoms with van der Waals surface area (Å²) >= 11 is 0. The summed E-state index contributed by atoms with van der Waals surface area (Å²) in [5, 5.41) is 3.34. The second-order valence-electron chi connectivity index (χ2n) is 6.34. The molecular weight excluding hydrogens is 279 g/mol. The Morgan fingerprint density at radius 3 is 2.38 bits per heavy atom. The van der Waals surface area contributed by atoms with Gasteiger partial charge in [-0.25, -0.2) is 0 Å². The quantitative estimate of drug-likeness (QED) is 0.899. The van der Waals surface area contributed by atoms with E-state index in [-0.39, 0.29) is 12.1 Å². The van der Waals surface area contributed by atoms with Crippen molar-refractivity contribution in [2.45, 2.75) is 52.4 Å². The number of rotatable bonds is 5. The van der Waals surface area contributed by atoms with Gasteiger partial charge >= 0.3 is 6.18 Å². The average Bonchev–Trinajstić information content (AvgIpc) is 2.32. The lowest BCUT2D eigenvalue weighted by molar-refractivity contribution is -0.132. The van der Waals surface area contributed by atoms with E-state index in [1.165, 1.54) is 0 Å². The molecule has 0 atom stereocenters. The third kappa shape index (κ3) is 6.80. The van der Waals surface area contributed by atoms with E-state index in [4.69, 9.17) is 0 Å². The lowest BCUT2D eigenvalue weighted by atomic mass is 10.1. The Morgan fingerprint density at radius 2 is 1.86 bits per heavy atom. The van der Waals surface area contributed by atoms with E-state index in [1.54, 1.807) is 18.1 Å². The molecular formula is C15H24F3N3. The first-order chi connectivity index (χ1) is 9.48. The summed E-state index contributed by atoms with van der Waals surface area (Å²) in [6.07, 6.45) is -3.23. The van der Waals surface area contributed by atoms with Crippen LogP contribution in [0, 0.1) is 6.92 Å². The van der Waals surface area contributed by atoms with Crippen LogP contribution in [0.1, 0.15) is 38.4 Å². The number of pyridine rings is 1. The zero-order chi connectivity index (χ0) is 16.3. The Morgan fingerprint density at radius 1 is 1.24 bits per heavy atom. The molecule has 0 amide bonds. The van der Waals surface area contributed by atoms with Gasteiger partial charge in [0, 0.05) is 48.8 Å². The molecule has 21 heavy (non-hydrogen) atoms. The van der Waals surface area contributed by atoms with Crippen LogP contribution in [0.2, 0.25) is 0 Å². The van der Waals surface area contributed by atoms with Crippen molar-refractivity contribution in [3.63, 3.8) is 0 Å². The predicted molar refractivity (Wildman–Crippen MR) is 79.5 cm³/mol. The summed E-state index contributed by atoms with van der Waals surface area (Å²) in [6.45, 7) is 8.48. The molecule has 0 aromatic carbocycles. The number of aryl methyl sites for hydroxylation is 1. The summed E-state index contributed by atoms with van der Waals surface area (Å²) in [5.41, 5.74) is 2.43. The molecule has 0 unspecified atom stereocenters.